The van der Waals surface area contributed by atoms with Crippen LogP contribution in [0, 0.1) is 0 Å². The van der Waals surface area contributed by atoms with Crippen molar-refractivity contribution in [3.63, 3.8) is 0 Å². The van der Waals surface area contributed by atoms with Crippen LogP contribution in [0.3, 0.4) is 0 Å². The van der Waals surface area contributed by atoms with Gasteiger partial charge >= 0.3 is 0 Å². The van der Waals surface area contributed by atoms with Gasteiger partial charge in [0.25, 0.3) is 0 Å². The van der Waals surface area contributed by atoms with E-state index in [0.717, 1.165) is 50.6 Å². The number of hydrogen-bond acceptors (Lipinski definition) is 6. The molecular formula is C22H31N3O3S. The number of thiophene rings is 1. The van der Waals surface area contributed by atoms with Crippen molar-refractivity contribution in [2.24, 2.45) is 0 Å². The normalized spacial score (nSPS) is 16.4. The number of benzene rings is 1. The van der Waals surface area contributed by atoms with Gasteiger partial charge in [-0.05, 0) is 42.5 Å². The van der Waals surface area contributed by atoms with Crippen LogP contribution in [-0.4, -0.2) is 68.7 Å². The summed E-state index contributed by atoms with van der Waals surface area (Å²) < 4.78 is 10.7. The Labute approximate surface area is 177 Å². The molecule has 1 atom stereocenters. The minimum atomic E-state index is -0.0958. The van der Waals surface area contributed by atoms with Crippen molar-refractivity contribution < 1.29 is 14.3 Å². The topological polar surface area (TPSA) is 54.0 Å². The molecule has 2 heterocycles. The summed E-state index contributed by atoms with van der Waals surface area (Å²) in [4.78, 5) is 18.5. The van der Waals surface area contributed by atoms with Gasteiger partial charge in [0, 0.05) is 44.1 Å². The van der Waals surface area contributed by atoms with Gasteiger partial charge in [-0.2, -0.15) is 0 Å². The maximum atomic E-state index is 12.5. The van der Waals surface area contributed by atoms with E-state index in [9.17, 15) is 4.79 Å². The molecule has 0 radical (unpaired) electrons. The number of nitrogens with zero attached hydrogens (tertiary/aromatic N) is 2. The molecule has 29 heavy (non-hydrogen) atoms. The molecule has 6 nitrogen and oxygen atoms in total. The van der Waals surface area contributed by atoms with Gasteiger partial charge in [0.05, 0.1) is 20.3 Å². The summed E-state index contributed by atoms with van der Waals surface area (Å²) in [7, 11) is 3.31. The Kier molecular flexibility index (Phi) is 7.91. The van der Waals surface area contributed by atoms with E-state index in [1.54, 1.807) is 25.6 Å². The molecule has 1 unspecified atom stereocenters. The second-order valence-corrected chi connectivity index (χ2v) is 8.33. The molecule has 1 aromatic heterocycles. The van der Waals surface area contributed by atoms with E-state index in [2.05, 4.69) is 32.6 Å². The third-order valence-corrected chi connectivity index (χ3v) is 6.38. The fourth-order valence-electron chi connectivity index (χ4n) is 3.62. The van der Waals surface area contributed by atoms with E-state index < -0.39 is 0 Å². The number of hydrogen-bond donors (Lipinski definition) is 1. The van der Waals surface area contributed by atoms with E-state index in [-0.39, 0.29) is 11.9 Å². The fourth-order valence-corrected chi connectivity index (χ4v) is 4.33. The monoisotopic (exact) mass is 417 g/mol. The molecular weight excluding hydrogens is 386 g/mol. The molecule has 3 rings (SSSR count). The van der Waals surface area contributed by atoms with Gasteiger partial charge in [-0.3, -0.25) is 14.6 Å². The average molecular weight is 418 g/mol. The highest BCUT2D eigenvalue weighted by Crippen LogP contribution is 2.28. The summed E-state index contributed by atoms with van der Waals surface area (Å²) in [6.07, 6.45) is 0.898. The van der Waals surface area contributed by atoms with Crippen molar-refractivity contribution in [2.45, 2.75) is 25.9 Å². The van der Waals surface area contributed by atoms with Crippen molar-refractivity contribution in [3.8, 4) is 11.5 Å². The maximum Gasteiger partial charge on any atom is 0.237 e. The van der Waals surface area contributed by atoms with Crippen LogP contribution in [-0.2, 0) is 17.8 Å². The van der Waals surface area contributed by atoms with Crippen molar-refractivity contribution >= 4 is 17.2 Å². The molecule has 1 saturated heterocycles. The maximum absolute atomic E-state index is 12.5. The Balaban J connectivity index is 1.42. The summed E-state index contributed by atoms with van der Waals surface area (Å²) in [5.41, 5.74) is 1.20. The molecule has 7 heteroatoms. The molecule has 158 valence electrons. The van der Waals surface area contributed by atoms with Crippen molar-refractivity contribution in [2.75, 3.05) is 46.9 Å². The summed E-state index contributed by atoms with van der Waals surface area (Å²) in [5, 5.41) is 5.15. The number of carbonyl (C=O) groups is 1. The first-order chi connectivity index (χ1) is 14.1. The van der Waals surface area contributed by atoms with Gasteiger partial charge in [-0.1, -0.05) is 12.1 Å². The van der Waals surface area contributed by atoms with Crippen molar-refractivity contribution in [1.29, 1.82) is 0 Å². The lowest BCUT2D eigenvalue weighted by atomic mass is 10.1. The molecule has 0 bridgehead atoms. The average Bonchev–Trinajstić information content (AvgIpc) is 3.27. The smallest absolute Gasteiger partial charge is 0.237 e. The number of methoxy groups -OCH3 is 2. The SMILES string of the molecule is COc1ccc(CN2CCN(C(C)C(=O)NCCc3cccs3)CC2)cc1OC. The molecule has 1 N–H and O–H groups in total. The molecule has 0 saturated carbocycles. The van der Waals surface area contributed by atoms with Crippen molar-refractivity contribution in [1.82, 2.24) is 15.1 Å². The highest BCUT2D eigenvalue weighted by Gasteiger charge is 2.25. The summed E-state index contributed by atoms with van der Waals surface area (Å²) in [6, 6.07) is 10.1. The molecule has 1 aliphatic heterocycles. The molecule has 1 fully saturated rings. The van der Waals surface area contributed by atoms with E-state index in [1.165, 1.54) is 10.4 Å². The molecule has 0 aliphatic carbocycles. The number of amides is 1. The Bertz CT molecular complexity index is 774. The zero-order valence-electron chi connectivity index (χ0n) is 17.5. The Morgan fingerprint density at radius 3 is 2.55 bits per heavy atom. The van der Waals surface area contributed by atoms with Crippen LogP contribution in [0.4, 0.5) is 0 Å². The number of rotatable bonds is 9. The van der Waals surface area contributed by atoms with Crippen molar-refractivity contribution in [3.05, 3.63) is 46.2 Å². The predicted octanol–water partition coefficient (Wildman–Crippen LogP) is 2.63. The molecule has 1 aliphatic rings. The standard InChI is InChI=1S/C22H31N3O3S/c1-17(22(26)23-9-8-19-5-4-14-29-19)25-12-10-24(11-13-25)16-18-6-7-20(27-2)21(15-18)28-3/h4-7,14-15,17H,8-13,16H2,1-3H3,(H,23,26). The zero-order valence-corrected chi connectivity index (χ0v) is 18.3. The third-order valence-electron chi connectivity index (χ3n) is 5.44. The first kappa shape index (κ1) is 21.6. The van der Waals surface area contributed by atoms with Gasteiger partial charge in [0.1, 0.15) is 0 Å². The Morgan fingerprint density at radius 1 is 1.14 bits per heavy atom. The lowest BCUT2D eigenvalue weighted by Gasteiger charge is -2.37. The van der Waals surface area contributed by atoms with Crippen LogP contribution in [0.5, 0.6) is 11.5 Å². The van der Waals surface area contributed by atoms with E-state index in [4.69, 9.17) is 9.47 Å². The minimum absolute atomic E-state index is 0.0958. The van der Waals surface area contributed by atoms with Gasteiger partial charge in [-0.25, -0.2) is 0 Å². The molecule has 1 aromatic carbocycles. The van der Waals surface area contributed by atoms with Crippen LogP contribution in [0.15, 0.2) is 35.7 Å². The summed E-state index contributed by atoms with van der Waals surface area (Å²) in [5.74, 6) is 1.63. The second kappa shape index (κ2) is 10.6. The van der Waals surface area contributed by atoms with Gasteiger partial charge in [0.15, 0.2) is 11.5 Å². The molecule has 2 aromatic rings. The zero-order chi connectivity index (χ0) is 20.6. The van der Waals surface area contributed by atoms with E-state index >= 15 is 0 Å². The van der Waals surface area contributed by atoms with E-state index in [0.29, 0.717) is 6.54 Å². The summed E-state index contributed by atoms with van der Waals surface area (Å²) in [6.45, 7) is 7.25. The fraction of sp³-hybridized carbons (Fsp3) is 0.500. The number of ether oxygens (including phenoxy) is 2. The summed E-state index contributed by atoms with van der Waals surface area (Å²) >= 11 is 1.73. The largest absolute Gasteiger partial charge is 0.493 e. The van der Waals surface area contributed by atoms with Gasteiger partial charge in [-0.15, -0.1) is 11.3 Å². The lowest BCUT2D eigenvalue weighted by Crippen LogP contribution is -2.53. The van der Waals surface area contributed by atoms with Gasteiger partial charge in [0.2, 0.25) is 5.91 Å². The highest BCUT2D eigenvalue weighted by molar-refractivity contribution is 7.09. The van der Waals surface area contributed by atoms with Crippen LogP contribution in [0.2, 0.25) is 0 Å². The quantitative estimate of drug-likeness (QED) is 0.680. The Hall–Kier alpha value is -2.09. The number of nitrogens with one attached hydrogen (secondary N) is 1. The van der Waals surface area contributed by atoms with Crippen LogP contribution < -0.4 is 14.8 Å². The third kappa shape index (κ3) is 5.95. The molecule has 0 spiro atoms. The van der Waals surface area contributed by atoms with E-state index in [1.807, 2.05) is 25.1 Å². The van der Waals surface area contributed by atoms with Crippen LogP contribution >= 0.6 is 11.3 Å². The number of carbonyl (C=O) groups excluding carboxylic acids is 1. The molecule has 1 amide bonds. The van der Waals surface area contributed by atoms with Gasteiger partial charge < -0.3 is 14.8 Å². The first-order valence-electron chi connectivity index (χ1n) is 10.1. The second-order valence-electron chi connectivity index (χ2n) is 7.30. The lowest BCUT2D eigenvalue weighted by molar-refractivity contribution is -0.126. The van der Waals surface area contributed by atoms with Crippen LogP contribution in [0.1, 0.15) is 17.4 Å². The Morgan fingerprint density at radius 2 is 1.90 bits per heavy atom. The van der Waals surface area contributed by atoms with Crippen LogP contribution in [0.25, 0.3) is 0 Å². The minimum Gasteiger partial charge on any atom is -0.493 e. The highest BCUT2D eigenvalue weighted by atomic mass is 32.1. The first-order valence-corrected chi connectivity index (χ1v) is 11.0. The number of piperazine rings is 1. The predicted molar refractivity (Wildman–Crippen MR) is 117 cm³/mol.